The van der Waals surface area contributed by atoms with Crippen molar-refractivity contribution in [2.24, 2.45) is 0 Å². The smallest absolute Gasteiger partial charge is 0.0948 e. The largest absolute Gasteiger partial charge is 0.377 e. The predicted octanol–water partition coefficient (Wildman–Crippen LogP) is 1.95. The highest BCUT2D eigenvalue weighted by atomic mass is 16.5. The van der Waals surface area contributed by atoms with Crippen LogP contribution in [-0.4, -0.2) is 28.8 Å². The minimum Gasteiger partial charge on any atom is -0.377 e. The first-order valence-electron chi connectivity index (χ1n) is 6.71. The molecular formula is C13H23N3O. The number of rotatable bonds is 6. The van der Waals surface area contributed by atoms with E-state index < -0.39 is 0 Å². The lowest BCUT2D eigenvalue weighted by Gasteiger charge is -2.22. The molecule has 96 valence electrons. The Morgan fingerprint density at radius 2 is 2.47 bits per heavy atom. The first-order chi connectivity index (χ1) is 8.40. The minimum atomic E-state index is 0.409. The van der Waals surface area contributed by atoms with Crippen LogP contribution in [0.15, 0.2) is 12.5 Å². The molecule has 0 bridgehead atoms. The molecule has 1 N–H and O–H groups in total. The summed E-state index contributed by atoms with van der Waals surface area (Å²) >= 11 is 0. The number of ether oxygens (including phenoxy) is 1. The third-order valence-electron chi connectivity index (χ3n) is 3.22. The number of imidazole rings is 1. The lowest BCUT2D eigenvalue weighted by molar-refractivity contribution is 0.0167. The van der Waals surface area contributed by atoms with Gasteiger partial charge in [0, 0.05) is 32.4 Å². The van der Waals surface area contributed by atoms with E-state index in [2.05, 4.69) is 21.8 Å². The number of nitrogens with one attached hydrogen (secondary N) is 1. The topological polar surface area (TPSA) is 39.1 Å². The number of hydrogen-bond donors (Lipinski definition) is 1. The van der Waals surface area contributed by atoms with Gasteiger partial charge in [0.25, 0.3) is 0 Å². The van der Waals surface area contributed by atoms with Crippen LogP contribution in [0.2, 0.25) is 0 Å². The zero-order valence-electron chi connectivity index (χ0n) is 10.7. The molecule has 1 aliphatic rings. The molecule has 0 spiro atoms. The molecule has 1 aromatic rings. The summed E-state index contributed by atoms with van der Waals surface area (Å²) in [5, 5.41) is 3.47. The van der Waals surface area contributed by atoms with Crippen LogP contribution in [0.1, 0.15) is 38.3 Å². The molecule has 1 saturated heterocycles. The molecule has 0 aromatic carbocycles. The SMILES string of the molecule is CCCn1cncc1CNCC1CCCCO1. The average molecular weight is 237 g/mol. The van der Waals surface area contributed by atoms with Gasteiger partial charge in [0.05, 0.1) is 18.1 Å². The third-order valence-corrected chi connectivity index (χ3v) is 3.22. The molecule has 1 aliphatic heterocycles. The van der Waals surface area contributed by atoms with Gasteiger partial charge in [0.15, 0.2) is 0 Å². The van der Waals surface area contributed by atoms with Gasteiger partial charge in [-0.1, -0.05) is 6.92 Å². The second kappa shape index (κ2) is 6.77. The summed E-state index contributed by atoms with van der Waals surface area (Å²) < 4.78 is 7.91. The maximum Gasteiger partial charge on any atom is 0.0948 e. The summed E-state index contributed by atoms with van der Waals surface area (Å²) in [6.45, 7) is 6.02. The Morgan fingerprint density at radius 1 is 1.53 bits per heavy atom. The van der Waals surface area contributed by atoms with Gasteiger partial charge >= 0.3 is 0 Å². The lowest BCUT2D eigenvalue weighted by Crippen LogP contribution is -2.31. The van der Waals surface area contributed by atoms with Crippen LogP contribution in [0, 0.1) is 0 Å². The van der Waals surface area contributed by atoms with Crippen molar-refractivity contribution in [1.29, 1.82) is 0 Å². The third kappa shape index (κ3) is 3.82. The van der Waals surface area contributed by atoms with Crippen molar-refractivity contribution in [3.8, 4) is 0 Å². The highest BCUT2D eigenvalue weighted by Gasteiger charge is 2.13. The normalized spacial score (nSPS) is 20.6. The van der Waals surface area contributed by atoms with Crippen LogP contribution >= 0.6 is 0 Å². The molecule has 2 heterocycles. The molecule has 0 aliphatic carbocycles. The quantitative estimate of drug-likeness (QED) is 0.822. The van der Waals surface area contributed by atoms with Gasteiger partial charge in [-0.05, 0) is 25.7 Å². The zero-order chi connectivity index (χ0) is 11.9. The Kier molecular flexibility index (Phi) is 5.01. The molecule has 2 rings (SSSR count). The van der Waals surface area contributed by atoms with E-state index in [1.54, 1.807) is 0 Å². The second-order valence-electron chi connectivity index (χ2n) is 4.70. The molecule has 4 heteroatoms. The fraction of sp³-hybridized carbons (Fsp3) is 0.769. The van der Waals surface area contributed by atoms with Gasteiger partial charge in [0.1, 0.15) is 0 Å². The van der Waals surface area contributed by atoms with Crippen molar-refractivity contribution in [3.63, 3.8) is 0 Å². The van der Waals surface area contributed by atoms with E-state index in [1.807, 2.05) is 12.5 Å². The van der Waals surface area contributed by atoms with Crippen molar-refractivity contribution < 1.29 is 4.74 Å². The van der Waals surface area contributed by atoms with E-state index >= 15 is 0 Å². The molecule has 1 aromatic heterocycles. The summed E-state index contributed by atoms with van der Waals surface area (Å²) in [7, 11) is 0. The summed E-state index contributed by atoms with van der Waals surface area (Å²) in [5.74, 6) is 0. The highest BCUT2D eigenvalue weighted by Crippen LogP contribution is 2.11. The monoisotopic (exact) mass is 237 g/mol. The van der Waals surface area contributed by atoms with Gasteiger partial charge in [-0.15, -0.1) is 0 Å². The standard InChI is InChI=1S/C13H23N3O/c1-2-6-16-11-15-9-12(16)8-14-10-13-5-3-4-7-17-13/h9,11,13-14H,2-8,10H2,1H3. The summed E-state index contributed by atoms with van der Waals surface area (Å²) in [4.78, 5) is 4.20. The summed E-state index contributed by atoms with van der Waals surface area (Å²) in [5.41, 5.74) is 1.27. The summed E-state index contributed by atoms with van der Waals surface area (Å²) in [6.07, 6.45) is 9.14. The maximum atomic E-state index is 5.69. The van der Waals surface area contributed by atoms with Crippen LogP contribution in [0.25, 0.3) is 0 Å². The zero-order valence-corrected chi connectivity index (χ0v) is 10.7. The van der Waals surface area contributed by atoms with E-state index in [1.165, 1.54) is 25.0 Å². The molecule has 1 fully saturated rings. The van der Waals surface area contributed by atoms with Crippen LogP contribution < -0.4 is 5.32 Å². The van der Waals surface area contributed by atoms with Gasteiger partial charge in [-0.2, -0.15) is 0 Å². The average Bonchev–Trinajstić information content (AvgIpc) is 2.79. The van der Waals surface area contributed by atoms with Crippen molar-refractivity contribution in [2.75, 3.05) is 13.2 Å². The van der Waals surface area contributed by atoms with Crippen LogP contribution in [0.4, 0.5) is 0 Å². The minimum absolute atomic E-state index is 0.409. The van der Waals surface area contributed by atoms with Gasteiger partial charge in [0.2, 0.25) is 0 Å². The van der Waals surface area contributed by atoms with Gasteiger partial charge < -0.3 is 14.6 Å². The first-order valence-corrected chi connectivity index (χ1v) is 6.71. The van der Waals surface area contributed by atoms with E-state index in [0.29, 0.717) is 6.10 Å². The molecule has 0 amide bonds. The highest BCUT2D eigenvalue weighted by molar-refractivity contribution is 4.97. The fourth-order valence-corrected chi connectivity index (χ4v) is 2.27. The maximum absolute atomic E-state index is 5.69. The number of aryl methyl sites for hydroxylation is 1. The van der Waals surface area contributed by atoms with Gasteiger partial charge in [-0.25, -0.2) is 4.98 Å². The number of nitrogens with zero attached hydrogens (tertiary/aromatic N) is 2. The van der Waals surface area contributed by atoms with E-state index in [0.717, 1.165) is 32.7 Å². The molecule has 0 saturated carbocycles. The molecule has 0 radical (unpaired) electrons. The van der Waals surface area contributed by atoms with E-state index in [-0.39, 0.29) is 0 Å². The Bertz CT molecular complexity index is 318. The van der Waals surface area contributed by atoms with Crippen molar-refractivity contribution in [2.45, 2.75) is 51.8 Å². The molecular weight excluding hydrogens is 214 g/mol. The molecule has 4 nitrogen and oxygen atoms in total. The van der Waals surface area contributed by atoms with Crippen molar-refractivity contribution in [3.05, 3.63) is 18.2 Å². The second-order valence-corrected chi connectivity index (χ2v) is 4.70. The Hall–Kier alpha value is -0.870. The molecule has 17 heavy (non-hydrogen) atoms. The Morgan fingerprint density at radius 3 is 3.24 bits per heavy atom. The fourth-order valence-electron chi connectivity index (χ4n) is 2.27. The van der Waals surface area contributed by atoms with E-state index in [4.69, 9.17) is 4.74 Å². The predicted molar refractivity (Wildman–Crippen MR) is 67.8 cm³/mol. The van der Waals surface area contributed by atoms with E-state index in [9.17, 15) is 0 Å². The number of hydrogen-bond acceptors (Lipinski definition) is 3. The lowest BCUT2D eigenvalue weighted by atomic mass is 10.1. The van der Waals surface area contributed by atoms with Crippen LogP contribution in [0.3, 0.4) is 0 Å². The molecule has 1 unspecified atom stereocenters. The van der Waals surface area contributed by atoms with Crippen LogP contribution in [-0.2, 0) is 17.8 Å². The first kappa shape index (κ1) is 12.6. The van der Waals surface area contributed by atoms with Crippen molar-refractivity contribution in [1.82, 2.24) is 14.9 Å². The Balaban J connectivity index is 1.71. The molecule has 1 atom stereocenters. The summed E-state index contributed by atoms with van der Waals surface area (Å²) in [6, 6.07) is 0. The van der Waals surface area contributed by atoms with Crippen LogP contribution in [0.5, 0.6) is 0 Å². The Labute approximate surface area is 103 Å². The van der Waals surface area contributed by atoms with Gasteiger partial charge in [-0.3, -0.25) is 0 Å². The number of aromatic nitrogens is 2. The van der Waals surface area contributed by atoms with Crippen molar-refractivity contribution >= 4 is 0 Å².